The Labute approximate surface area is 194 Å². The lowest BCUT2D eigenvalue weighted by Gasteiger charge is -2.12. The largest absolute Gasteiger partial charge is 0.480 e. The van der Waals surface area contributed by atoms with Gasteiger partial charge in [-0.3, -0.25) is 14.4 Å². The molecule has 0 atom stereocenters. The molecule has 1 aromatic heterocycles. The van der Waals surface area contributed by atoms with Gasteiger partial charge in [0.15, 0.2) is 11.6 Å². The number of aliphatic carboxylic acids is 1. The summed E-state index contributed by atoms with van der Waals surface area (Å²) in [6, 6.07) is 8.35. The fourth-order valence-corrected chi connectivity index (χ4v) is 4.28. The zero-order chi connectivity index (χ0) is 22.7. The molecule has 31 heavy (non-hydrogen) atoms. The molecule has 2 amide bonds. The van der Waals surface area contributed by atoms with Crippen LogP contribution in [0.25, 0.3) is 11.0 Å². The first-order valence-corrected chi connectivity index (χ1v) is 10.7. The second-order valence-corrected chi connectivity index (χ2v) is 8.07. The summed E-state index contributed by atoms with van der Waals surface area (Å²) in [6.45, 7) is 1.99. The number of carboxylic acid groups (broad SMARTS) is 1. The third-order valence-electron chi connectivity index (χ3n) is 4.35. The van der Waals surface area contributed by atoms with Gasteiger partial charge in [-0.1, -0.05) is 0 Å². The Hall–Kier alpha value is -2.92. The standard InChI is InChI=1S/C20H18Br2N4O5/c1-3-26-15-8-11(4-5-14(15)25-18(26)20(30)23-2)31-17-12(21)6-10(7-13(17)22)19(29)24-9-16(27)28/h4-8H,3,9H2,1-2H3,(H,23,30)(H,24,29)(H,27,28). The highest BCUT2D eigenvalue weighted by atomic mass is 79.9. The van der Waals surface area contributed by atoms with Crippen molar-refractivity contribution in [3.8, 4) is 11.5 Å². The van der Waals surface area contributed by atoms with Crippen LogP contribution >= 0.6 is 31.9 Å². The minimum atomic E-state index is -1.13. The van der Waals surface area contributed by atoms with Crippen LogP contribution in [0.15, 0.2) is 39.3 Å². The summed E-state index contributed by atoms with van der Waals surface area (Å²) in [6.07, 6.45) is 0. The van der Waals surface area contributed by atoms with Crippen molar-refractivity contribution in [1.82, 2.24) is 20.2 Å². The van der Waals surface area contributed by atoms with Crippen molar-refractivity contribution < 1.29 is 24.2 Å². The molecule has 11 heteroatoms. The molecule has 3 N–H and O–H groups in total. The summed E-state index contributed by atoms with van der Waals surface area (Å²) in [5.74, 6) is -0.671. The van der Waals surface area contributed by atoms with Gasteiger partial charge < -0.3 is 25.0 Å². The highest BCUT2D eigenvalue weighted by Crippen LogP contribution is 2.38. The van der Waals surface area contributed by atoms with Crippen LogP contribution in [0.2, 0.25) is 0 Å². The quantitative estimate of drug-likeness (QED) is 0.411. The zero-order valence-electron chi connectivity index (χ0n) is 16.5. The molecule has 0 saturated heterocycles. The molecular weight excluding hydrogens is 536 g/mol. The molecule has 162 valence electrons. The highest BCUT2D eigenvalue weighted by Gasteiger charge is 2.18. The summed E-state index contributed by atoms with van der Waals surface area (Å²) in [7, 11) is 1.55. The maximum Gasteiger partial charge on any atom is 0.322 e. The second-order valence-electron chi connectivity index (χ2n) is 6.36. The molecule has 0 radical (unpaired) electrons. The van der Waals surface area contributed by atoms with Crippen molar-refractivity contribution in [2.45, 2.75) is 13.5 Å². The van der Waals surface area contributed by atoms with E-state index < -0.39 is 18.4 Å². The number of fused-ring (bicyclic) bond motifs is 1. The van der Waals surface area contributed by atoms with E-state index in [-0.39, 0.29) is 11.5 Å². The average Bonchev–Trinajstić information content (AvgIpc) is 3.11. The Balaban J connectivity index is 1.92. The van der Waals surface area contributed by atoms with Crippen LogP contribution in [0.1, 0.15) is 27.9 Å². The van der Waals surface area contributed by atoms with Gasteiger partial charge in [-0.2, -0.15) is 0 Å². The predicted molar refractivity (Wildman–Crippen MR) is 121 cm³/mol. The van der Waals surface area contributed by atoms with E-state index in [1.165, 1.54) is 12.1 Å². The van der Waals surface area contributed by atoms with E-state index in [1.54, 1.807) is 29.8 Å². The fraction of sp³-hybridized carbons (Fsp3) is 0.200. The number of halogens is 2. The number of ether oxygens (including phenoxy) is 1. The average molecular weight is 554 g/mol. The van der Waals surface area contributed by atoms with E-state index in [4.69, 9.17) is 9.84 Å². The van der Waals surface area contributed by atoms with Gasteiger partial charge in [0.1, 0.15) is 12.3 Å². The van der Waals surface area contributed by atoms with Crippen molar-refractivity contribution >= 4 is 60.7 Å². The minimum absolute atomic E-state index is 0.266. The fourth-order valence-electron chi connectivity index (χ4n) is 2.94. The summed E-state index contributed by atoms with van der Waals surface area (Å²) in [5, 5.41) is 13.6. The zero-order valence-corrected chi connectivity index (χ0v) is 19.7. The van der Waals surface area contributed by atoms with E-state index in [2.05, 4.69) is 47.5 Å². The third-order valence-corrected chi connectivity index (χ3v) is 5.52. The first-order valence-electron chi connectivity index (χ1n) is 9.14. The maximum absolute atomic E-state index is 12.1. The first-order chi connectivity index (χ1) is 14.7. The van der Waals surface area contributed by atoms with Gasteiger partial charge in [0.25, 0.3) is 11.8 Å². The van der Waals surface area contributed by atoms with Crippen molar-refractivity contribution in [2.75, 3.05) is 13.6 Å². The van der Waals surface area contributed by atoms with E-state index in [0.717, 1.165) is 5.52 Å². The molecule has 0 spiro atoms. The van der Waals surface area contributed by atoms with Crippen LogP contribution in [0, 0.1) is 0 Å². The lowest BCUT2D eigenvalue weighted by molar-refractivity contribution is -0.135. The number of hydrogen-bond acceptors (Lipinski definition) is 5. The van der Waals surface area contributed by atoms with Crippen molar-refractivity contribution in [1.29, 1.82) is 0 Å². The van der Waals surface area contributed by atoms with Crippen LogP contribution in [0.5, 0.6) is 11.5 Å². The second kappa shape index (κ2) is 9.48. The van der Waals surface area contributed by atoms with E-state index in [1.807, 2.05) is 6.92 Å². The molecule has 0 fully saturated rings. The van der Waals surface area contributed by atoms with Gasteiger partial charge >= 0.3 is 5.97 Å². The van der Waals surface area contributed by atoms with Crippen LogP contribution in [-0.4, -0.2) is 46.0 Å². The molecular formula is C20H18Br2N4O5. The molecule has 9 nitrogen and oxygen atoms in total. The number of amides is 2. The minimum Gasteiger partial charge on any atom is -0.480 e. The summed E-state index contributed by atoms with van der Waals surface area (Å²) in [5.41, 5.74) is 1.67. The Morgan fingerprint density at radius 2 is 1.81 bits per heavy atom. The number of benzene rings is 2. The predicted octanol–water partition coefficient (Wildman–Crippen LogP) is 3.55. The van der Waals surface area contributed by atoms with Crippen molar-refractivity contribution in [3.63, 3.8) is 0 Å². The lowest BCUT2D eigenvalue weighted by atomic mass is 10.2. The van der Waals surface area contributed by atoms with Crippen LogP contribution < -0.4 is 15.4 Å². The molecule has 2 aromatic carbocycles. The summed E-state index contributed by atoms with van der Waals surface area (Å²) in [4.78, 5) is 39.2. The van der Waals surface area contributed by atoms with Crippen LogP contribution in [0.3, 0.4) is 0 Å². The normalized spacial score (nSPS) is 10.7. The molecule has 0 aliphatic heterocycles. The number of aromatic nitrogens is 2. The van der Waals surface area contributed by atoms with E-state index in [0.29, 0.717) is 38.3 Å². The van der Waals surface area contributed by atoms with Crippen molar-refractivity contribution in [3.05, 3.63) is 50.7 Å². The molecule has 3 aromatic rings. The first kappa shape index (κ1) is 22.8. The number of aryl methyl sites for hydroxylation is 1. The Morgan fingerprint density at radius 1 is 1.13 bits per heavy atom. The maximum atomic E-state index is 12.1. The number of nitrogens with one attached hydrogen (secondary N) is 2. The van der Waals surface area contributed by atoms with Gasteiger partial charge in [0.2, 0.25) is 0 Å². The van der Waals surface area contributed by atoms with E-state index >= 15 is 0 Å². The molecule has 0 aliphatic carbocycles. The number of carbonyl (C=O) groups excluding carboxylic acids is 2. The number of nitrogens with zero attached hydrogens (tertiary/aromatic N) is 2. The van der Waals surface area contributed by atoms with Crippen molar-refractivity contribution in [2.24, 2.45) is 0 Å². The van der Waals surface area contributed by atoms with Gasteiger partial charge in [-0.15, -0.1) is 0 Å². The summed E-state index contributed by atoms with van der Waals surface area (Å²) >= 11 is 6.78. The van der Waals surface area contributed by atoms with Crippen LogP contribution in [0.4, 0.5) is 0 Å². The van der Waals surface area contributed by atoms with Gasteiger partial charge in [-0.25, -0.2) is 4.98 Å². The number of carbonyl (C=O) groups is 3. The molecule has 1 heterocycles. The van der Waals surface area contributed by atoms with Gasteiger partial charge in [-0.05, 0) is 63.0 Å². The number of carboxylic acids is 1. The molecule has 0 saturated carbocycles. The Bertz CT molecular complexity index is 1170. The topological polar surface area (TPSA) is 123 Å². The Kier molecular flexibility index (Phi) is 6.96. The van der Waals surface area contributed by atoms with Gasteiger partial charge in [0, 0.05) is 25.2 Å². The molecule has 0 unspecified atom stereocenters. The lowest BCUT2D eigenvalue weighted by Crippen LogP contribution is -2.29. The highest BCUT2D eigenvalue weighted by molar-refractivity contribution is 9.11. The number of hydrogen-bond donors (Lipinski definition) is 3. The summed E-state index contributed by atoms with van der Waals surface area (Å²) < 4.78 is 8.80. The number of rotatable bonds is 7. The SMILES string of the molecule is CCn1c(C(=O)NC)nc2ccc(Oc3c(Br)cc(C(=O)NCC(=O)O)cc3Br)cc21. The monoisotopic (exact) mass is 552 g/mol. The smallest absolute Gasteiger partial charge is 0.322 e. The number of imidazole rings is 1. The van der Waals surface area contributed by atoms with E-state index in [9.17, 15) is 14.4 Å². The van der Waals surface area contributed by atoms with Crippen LogP contribution in [-0.2, 0) is 11.3 Å². The molecule has 0 bridgehead atoms. The Morgan fingerprint density at radius 3 is 2.39 bits per heavy atom. The van der Waals surface area contributed by atoms with Gasteiger partial charge in [0.05, 0.1) is 20.0 Å². The molecule has 0 aliphatic rings. The molecule has 3 rings (SSSR count). The third kappa shape index (κ3) is 4.88.